The van der Waals surface area contributed by atoms with E-state index in [1.807, 2.05) is 11.0 Å². The summed E-state index contributed by atoms with van der Waals surface area (Å²) in [5.74, 6) is 0.296. The summed E-state index contributed by atoms with van der Waals surface area (Å²) in [4.78, 5) is 14.5. The van der Waals surface area contributed by atoms with Gasteiger partial charge in [-0.1, -0.05) is 25.3 Å². The molecule has 2 aliphatic rings. The van der Waals surface area contributed by atoms with Gasteiger partial charge in [0.1, 0.15) is 0 Å². The lowest BCUT2D eigenvalue weighted by molar-refractivity contribution is -0.134. The van der Waals surface area contributed by atoms with E-state index in [1.165, 1.54) is 19.3 Å². The Bertz CT molecular complexity index is 304. The van der Waals surface area contributed by atoms with Gasteiger partial charge in [0.05, 0.1) is 0 Å². The molecule has 3 nitrogen and oxygen atoms in total. The van der Waals surface area contributed by atoms with Crippen LogP contribution in [0.4, 0.5) is 0 Å². The lowest BCUT2D eigenvalue weighted by atomic mass is 9.71. The highest BCUT2D eigenvalue weighted by Crippen LogP contribution is 2.39. The first-order valence-electron chi connectivity index (χ1n) is 7.31. The molecule has 0 aromatic rings. The van der Waals surface area contributed by atoms with Crippen LogP contribution >= 0.6 is 0 Å². The van der Waals surface area contributed by atoms with Crippen molar-refractivity contribution in [1.29, 1.82) is 0 Å². The van der Waals surface area contributed by atoms with Crippen LogP contribution in [0.5, 0.6) is 0 Å². The van der Waals surface area contributed by atoms with Crippen LogP contribution in [0, 0.1) is 5.41 Å². The van der Waals surface area contributed by atoms with E-state index >= 15 is 0 Å². The summed E-state index contributed by atoms with van der Waals surface area (Å²) in [5, 5.41) is 0. The molecule has 2 rings (SSSR count). The number of nitrogens with zero attached hydrogens (tertiary/aromatic N) is 1. The van der Waals surface area contributed by atoms with E-state index in [-0.39, 0.29) is 5.41 Å². The molecule has 0 radical (unpaired) electrons. The number of hydrogen-bond donors (Lipinski definition) is 1. The molecule has 0 aromatic carbocycles. The van der Waals surface area contributed by atoms with Crippen LogP contribution in [0.15, 0.2) is 12.7 Å². The Balaban J connectivity index is 1.96. The van der Waals surface area contributed by atoms with Gasteiger partial charge in [0, 0.05) is 19.0 Å². The van der Waals surface area contributed by atoms with Crippen molar-refractivity contribution < 1.29 is 4.79 Å². The summed E-state index contributed by atoms with van der Waals surface area (Å²) < 4.78 is 0. The topological polar surface area (TPSA) is 46.3 Å². The Labute approximate surface area is 110 Å². The number of rotatable bonds is 6. The molecular formula is C15H26N2O. The third-order valence-corrected chi connectivity index (χ3v) is 4.51. The van der Waals surface area contributed by atoms with Crippen LogP contribution < -0.4 is 5.73 Å². The SMILES string of the molecule is C=CCN(C(=O)CC1(CN)CCCCC1)C1CC1. The highest BCUT2D eigenvalue weighted by Gasteiger charge is 2.38. The predicted molar refractivity (Wildman–Crippen MR) is 74.1 cm³/mol. The molecule has 0 atom stereocenters. The number of nitrogens with two attached hydrogens (primary N) is 1. The zero-order chi connectivity index (χ0) is 13.0. The Kier molecular flexibility index (Phi) is 4.44. The zero-order valence-corrected chi connectivity index (χ0v) is 11.4. The summed E-state index contributed by atoms with van der Waals surface area (Å²) in [6, 6.07) is 0.480. The van der Waals surface area contributed by atoms with Crippen molar-refractivity contribution in [3.05, 3.63) is 12.7 Å². The van der Waals surface area contributed by atoms with Gasteiger partial charge >= 0.3 is 0 Å². The Morgan fingerprint density at radius 3 is 2.50 bits per heavy atom. The summed E-state index contributed by atoms with van der Waals surface area (Å²) in [7, 11) is 0. The fraction of sp³-hybridized carbons (Fsp3) is 0.800. The van der Waals surface area contributed by atoms with Crippen molar-refractivity contribution >= 4 is 5.91 Å². The molecule has 0 unspecified atom stereocenters. The van der Waals surface area contributed by atoms with Gasteiger partial charge in [-0.15, -0.1) is 6.58 Å². The van der Waals surface area contributed by atoms with Crippen molar-refractivity contribution in [3.8, 4) is 0 Å². The van der Waals surface area contributed by atoms with E-state index in [4.69, 9.17) is 5.73 Å². The molecule has 0 bridgehead atoms. The molecule has 3 heteroatoms. The van der Waals surface area contributed by atoms with Gasteiger partial charge in [-0.25, -0.2) is 0 Å². The average molecular weight is 250 g/mol. The van der Waals surface area contributed by atoms with Crippen LogP contribution in [0.2, 0.25) is 0 Å². The first-order valence-corrected chi connectivity index (χ1v) is 7.31. The van der Waals surface area contributed by atoms with E-state index in [0.29, 0.717) is 31.5 Å². The van der Waals surface area contributed by atoms with Crippen LogP contribution in [0.25, 0.3) is 0 Å². The van der Waals surface area contributed by atoms with Gasteiger partial charge < -0.3 is 10.6 Å². The van der Waals surface area contributed by atoms with Crippen molar-refractivity contribution in [1.82, 2.24) is 4.90 Å². The molecule has 0 aromatic heterocycles. The van der Waals surface area contributed by atoms with Crippen LogP contribution in [0.3, 0.4) is 0 Å². The molecule has 0 aliphatic heterocycles. The van der Waals surface area contributed by atoms with E-state index in [2.05, 4.69) is 6.58 Å². The Hall–Kier alpha value is -0.830. The minimum Gasteiger partial charge on any atom is -0.336 e. The number of hydrogen-bond acceptors (Lipinski definition) is 2. The minimum atomic E-state index is 0.0869. The zero-order valence-electron chi connectivity index (χ0n) is 11.4. The third-order valence-electron chi connectivity index (χ3n) is 4.51. The van der Waals surface area contributed by atoms with Crippen molar-refractivity contribution in [2.75, 3.05) is 13.1 Å². The molecule has 102 valence electrons. The first kappa shape index (κ1) is 13.6. The minimum absolute atomic E-state index is 0.0869. The molecule has 2 fully saturated rings. The summed E-state index contributed by atoms with van der Waals surface area (Å²) in [6.45, 7) is 5.12. The Morgan fingerprint density at radius 1 is 1.33 bits per heavy atom. The van der Waals surface area contributed by atoms with Crippen LogP contribution in [-0.4, -0.2) is 29.9 Å². The van der Waals surface area contributed by atoms with Crippen LogP contribution in [-0.2, 0) is 4.79 Å². The highest BCUT2D eigenvalue weighted by atomic mass is 16.2. The second-order valence-electron chi connectivity index (χ2n) is 6.01. The quantitative estimate of drug-likeness (QED) is 0.736. The van der Waals surface area contributed by atoms with Crippen LogP contribution in [0.1, 0.15) is 51.4 Å². The maximum atomic E-state index is 12.5. The monoisotopic (exact) mass is 250 g/mol. The standard InChI is InChI=1S/C15H26N2O/c1-2-10-17(13-6-7-13)14(18)11-15(12-16)8-4-3-5-9-15/h2,13H,1,3-12,16H2. The lowest BCUT2D eigenvalue weighted by Crippen LogP contribution is -2.41. The molecule has 0 saturated heterocycles. The fourth-order valence-corrected chi connectivity index (χ4v) is 3.16. The smallest absolute Gasteiger partial charge is 0.223 e. The molecular weight excluding hydrogens is 224 g/mol. The molecule has 2 N–H and O–H groups in total. The number of amides is 1. The Morgan fingerprint density at radius 2 is 2.00 bits per heavy atom. The lowest BCUT2D eigenvalue weighted by Gasteiger charge is -2.37. The molecule has 2 aliphatic carbocycles. The van der Waals surface area contributed by atoms with E-state index in [9.17, 15) is 4.79 Å². The summed E-state index contributed by atoms with van der Waals surface area (Å²) in [5.41, 5.74) is 6.05. The van der Waals surface area contributed by atoms with Gasteiger partial charge in [-0.05, 0) is 37.6 Å². The van der Waals surface area contributed by atoms with Gasteiger partial charge in [0.15, 0.2) is 0 Å². The second kappa shape index (κ2) is 5.87. The molecule has 1 amide bonds. The van der Waals surface area contributed by atoms with Gasteiger partial charge in [-0.2, -0.15) is 0 Å². The van der Waals surface area contributed by atoms with Gasteiger partial charge in [0.2, 0.25) is 5.91 Å². The third kappa shape index (κ3) is 3.14. The van der Waals surface area contributed by atoms with E-state index < -0.39 is 0 Å². The molecule has 0 spiro atoms. The first-order chi connectivity index (χ1) is 8.71. The normalized spacial score (nSPS) is 22.5. The number of carbonyl (C=O) groups is 1. The van der Waals surface area contributed by atoms with Crippen molar-refractivity contribution in [2.45, 2.75) is 57.4 Å². The maximum Gasteiger partial charge on any atom is 0.223 e. The predicted octanol–water partition coefficient (Wildman–Crippen LogP) is 2.46. The number of carbonyl (C=O) groups excluding carboxylic acids is 1. The largest absolute Gasteiger partial charge is 0.336 e. The van der Waals surface area contributed by atoms with Gasteiger partial charge in [0.25, 0.3) is 0 Å². The van der Waals surface area contributed by atoms with Crippen molar-refractivity contribution in [3.63, 3.8) is 0 Å². The van der Waals surface area contributed by atoms with E-state index in [1.54, 1.807) is 0 Å². The maximum absolute atomic E-state index is 12.5. The molecule has 0 heterocycles. The highest BCUT2D eigenvalue weighted by molar-refractivity contribution is 5.78. The van der Waals surface area contributed by atoms with Crippen molar-refractivity contribution in [2.24, 2.45) is 11.1 Å². The molecule has 2 saturated carbocycles. The average Bonchev–Trinajstić information content (AvgIpc) is 3.21. The second-order valence-corrected chi connectivity index (χ2v) is 6.01. The van der Waals surface area contributed by atoms with E-state index in [0.717, 1.165) is 25.7 Å². The van der Waals surface area contributed by atoms with Gasteiger partial charge in [-0.3, -0.25) is 4.79 Å². The summed E-state index contributed by atoms with van der Waals surface area (Å²) in [6.07, 6.45) is 10.8. The fourth-order valence-electron chi connectivity index (χ4n) is 3.16. The molecule has 18 heavy (non-hydrogen) atoms. The summed E-state index contributed by atoms with van der Waals surface area (Å²) >= 11 is 0.